The third-order valence-corrected chi connectivity index (χ3v) is 12.7. The fraction of sp³-hybridized carbons (Fsp3) is 0.0877. The maximum absolute atomic E-state index is 2.57. The van der Waals surface area contributed by atoms with Crippen LogP contribution in [0.1, 0.15) is 37.0 Å². The van der Waals surface area contributed by atoms with Gasteiger partial charge in [0, 0.05) is 33.2 Å². The van der Waals surface area contributed by atoms with E-state index in [4.69, 9.17) is 0 Å². The lowest BCUT2D eigenvalue weighted by molar-refractivity contribution is 0.659. The third-order valence-electron chi connectivity index (χ3n) is 12.7. The second-order valence-corrected chi connectivity index (χ2v) is 16.5. The number of rotatable bonds is 7. The summed E-state index contributed by atoms with van der Waals surface area (Å²) < 4.78 is 2.39. The van der Waals surface area contributed by atoms with E-state index in [1.54, 1.807) is 0 Å². The lowest BCUT2D eigenvalue weighted by Crippen LogP contribution is -2.30. The topological polar surface area (TPSA) is 8.17 Å². The van der Waals surface area contributed by atoms with Crippen molar-refractivity contribution in [1.82, 2.24) is 4.57 Å². The number of hydrogen-bond acceptors (Lipinski definition) is 1. The summed E-state index contributed by atoms with van der Waals surface area (Å²) in [6.07, 6.45) is 8.03. The van der Waals surface area contributed by atoms with Crippen LogP contribution in [0.25, 0.3) is 66.4 Å². The molecule has 0 bridgehead atoms. The zero-order valence-electron chi connectivity index (χ0n) is 33.4. The van der Waals surface area contributed by atoms with Crippen molar-refractivity contribution >= 4 is 38.8 Å². The zero-order chi connectivity index (χ0) is 39.5. The molecule has 2 aliphatic carbocycles. The van der Waals surface area contributed by atoms with Gasteiger partial charge >= 0.3 is 0 Å². The van der Waals surface area contributed by atoms with Crippen molar-refractivity contribution in [2.45, 2.75) is 31.7 Å². The monoisotopic (exact) mass is 756 g/mol. The first-order valence-electron chi connectivity index (χ1n) is 20.8. The van der Waals surface area contributed by atoms with Crippen LogP contribution in [0.2, 0.25) is 0 Å². The van der Waals surface area contributed by atoms with Crippen molar-refractivity contribution in [3.63, 3.8) is 0 Å². The number of allylic oxidation sites excluding steroid dienone is 2. The molecule has 1 heterocycles. The molecule has 0 amide bonds. The SMILES string of the molecule is CC1(C)c2ccccc2-c2ccc(N(c3ccc(-c4ccc5c(c4)c4ccccc4n5-c4ccccc4)c(-c4ccccc4)c3)C3C=CC(c4ccccc4)=CC3)cc21. The second kappa shape index (κ2) is 14.0. The predicted octanol–water partition coefficient (Wildman–Crippen LogP) is 15.0. The van der Waals surface area contributed by atoms with Gasteiger partial charge in [-0.2, -0.15) is 0 Å². The van der Waals surface area contributed by atoms with E-state index in [2.05, 4.69) is 236 Å². The average molecular weight is 757 g/mol. The van der Waals surface area contributed by atoms with Crippen molar-refractivity contribution in [3.8, 4) is 39.1 Å². The van der Waals surface area contributed by atoms with Crippen molar-refractivity contribution in [2.75, 3.05) is 4.90 Å². The number of fused-ring (bicyclic) bond motifs is 6. The van der Waals surface area contributed by atoms with Gasteiger partial charge < -0.3 is 9.47 Å². The molecule has 0 radical (unpaired) electrons. The van der Waals surface area contributed by atoms with Crippen LogP contribution >= 0.6 is 0 Å². The smallest absolute Gasteiger partial charge is 0.0560 e. The van der Waals surface area contributed by atoms with Crippen LogP contribution in [0.4, 0.5) is 11.4 Å². The first-order valence-corrected chi connectivity index (χ1v) is 20.8. The molecule has 1 aromatic heterocycles. The number of benzene rings is 8. The molecular weight excluding hydrogens is 713 g/mol. The summed E-state index contributed by atoms with van der Waals surface area (Å²) in [7, 11) is 0. The van der Waals surface area contributed by atoms with Crippen LogP contribution in [-0.2, 0) is 5.41 Å². The van der Waals surface area contributed by atoms with Gasteiger partial charge in [-0.3, -0.25) is 0 Å². The normalized spacial score (nSPS) is 15.2. The lowest BCUT2D eigenvalue weighted by atomic mass is 9.82. The van der Waals surface area contributed by atoms with Crippen molar-refractivity contribution in [3.05, 3.63) is 229 Å². The number of nitrogens with zero attached hydrogens (tertiary/aromatic N) is 2. The fourth-order valence-corrected chi connectivity index (χ4v) is 9.81. The third kappa shape index (κ3) is 5.86. The Balaban J connectivity index is 1.07. The van der Waals surface area contributed by atoms with Crippen molar-refractivity contribution < 1.29 is 0 Å². The summed E-state index contributed by atoms with van der Waals surface area (Å²) in [4.78, 5) is 2.57. The first kappa shape index (κ1) is 35.0. The molecule has 0 N–H and O–H groups in total. The van der Waals surface area contributed by atoms with Gasteiger partial charge in [0.25, 0.3) is 0 Å². The highest BCUT2D eigenvalue weighted by atomic mass is 15.2. The molecule has 59 heavy (non-hydrogen) atoms. The quantitative estimate of drug-likeness (QED) is 0.157. The molecule has 0 saturated carbocycles. The highest BCUT2D eigenvalue weighted by Gasteiger charge is 2.36. The Morgan fingerprint density at radius 2 is 1.10 bits per heavy atom. The van der Waals surface area contributed by atoms with Gasteiger partial charge in [0.2, 0.25) is 0 Å². The van der Waals surface area contributed by atoms with Crippen molar-refractivity contribution in [1.29, 1.82) is 0 Å². The van der Waals surface area contributed by atoms with Crippen LogP contribution in [0.15, 0.2) is 212 Å². The molecule has 0 fully saturated rings. The van der Waals surface area contributed by atoms with Crippen LogP contribution in [-0.4, -0.2) is 10.6 Å². The van der Waals surface area contributed by atoms with Crippen LogP contribution in [0.5, 0.6) is 0 Å². The molecule has 0 aliphatic heterocycles. The standard InChI is InChI=1S/C57H44N2/c1-57(2)53-24-14-12-22-48(53)49-34-32-46(38-54(49)57)58(44-29-26-40(27-30-44)39-16-6-3-7-17-39)45-31-33-47(51(37-45)41-18-8-4-9-19-41)42-28-35-56-52(36-42)50-23-13-15-25-55(50)59(56)43-20-10-5-11-21-43/h3-29,31-38,44H,30H2,1-2H3. The van der Waals surface area contributed by atoms with E-state index in [0.717, 1.165) is 6.42 Å². The predicted molar refractivity (Wildman–Crippen MR) is 250 cm³/mol. The van der Waals surface area contributed by atoms with Gasteiger partial charge in [-0.05, 0) is 117 Å². The molecule has 1 atom stereocenters. The Hall–Kier alpha value is -7.16. The van der Waals surface area contributed by atoms with Crippen LogP contribution < -0.4 is 4.90 Å². The van der Waals surface area contributed by atoms with Gasteiger partial charge in [0.1, 0.15) is 0 Å². The van der Waals surface area contributed by atoms with E-state index in [1.807, 2.05) is 0 Å². The maximum atomic E-state index is 2.57. The molecule has 2 heteroatoms. The van der Waals surface area contributed by atoms with Gasteiger partial charge in [0.05, 0.1) is 17.1 Å². The minimum absolute atomic E-state index is 0.0995. The number of hydrogen-bond donors (Lipinski definition) is 0. The minimum atomic E-state index is -0.0995. The Bertz CT molecular complexity index is 3090. The Morgan fingerprint density at radius 1 is 0.475 bits per heavy atom. The number of aromatic nitrogens is 1. The zero-order valence-corrected chi connectivity index (χ0v) is 33.4. The Morgan fingerprint density at radius 3 is 1.86 bits per heavy atom. The Labute approximate surface area is 346 Å². The molecule has 1 unspecified atom stereocenters. The summed E-state index contributed by atoms with van der Waals surface area (Å²) >= 11 is 0. The molecule has 0 saturated heterocycles. The fourth-order valence-electron chi connectivity index (χ4n) is 9.81. The van der Waals surface area contributed by atoms with E-state index in [1.165, 1.54) is 94.5 Å². The number of anilines is 2. The van der Waals surface area contributed by atoms with E-state index in [9.17, 15) is 0 Å². The molecule has 282 valence electrons. The average Bonchev–Trinajstić information content (AvgIpc) is 3.75. The van der Waals surface area contributed by atoms with E-state index in [0.29, 0.717) is 0 Å². The van der Waals surface area contributed by atoms with E-state index < -0.39 is 0 Å². The summed E-state index contributed by atoms with van der Waals surface area (Å²) in [5.41, 5.74) is 18.7. The van der Waals surface area contributed by atoms with E-state index in [-0.39, 0.29) is 11.5 Å². The van der Waals surface area contributed by atoms with Gasteiger partial charge in [-0.25, -0.2) is 0 Å². The van der Waals surface area contributed by atoms with Crippen molar-refractivity contribution in [2.24, 2.45) is 0 Å². The molecule has 8 aromatic carbocycles. The summed E-state index contributed by atoms with van der Waals surface area (Å²) in [5, 5.41) is 2.51. The lowest BCUT2D eigenvalue weighted by Gasteiger charge is -2.35. The number of para-hydroxylation sites is 2. The van der Waals surface area contributed by atoms with E-state index >= 15 is 0 Å². The molecule has 11 rings (SSSR count). The minimum Gasteiger partial charge on any atom is -0.334 e. The molecular formula is C57H44N2. The Kier molecular flexibility index (Phi) is 8.34. The van der Waals surface area contributed by atoms with Crippen LogP contribution in [0.3, 0.4) is 0 Å². The summed E-state index contributed by atoms with van der Waals surface area (Å²) in [6.45, 7) is 4.75. The van der Waals surface area contributed by atoms with Crippen LogP contribution in [0, 0.1) is 0 Å². The molecule has 2 nitrogen and oxygen atoms in total. The largest absolute Gasteiger partial charge is 0.334 e. The molecule has 2 aliphatic rings. The molecule has 0 spiro atoms. The van der Waals surface area contributed by atoms with Gasteiger partial charge in [-0.15, -0.1) is 0 Å². The highest BCUT2D eigenvalue weighted by molar-refractivity contribution is 6.11. The first-order chi connectivity index (χ1) is 29.0. The van der Waals surface area contributed by atoms with Gasteiger partial charge in [0.15, 0.2) is 0 Å². The van der Waals surface area contributed by atoms with Gasteiger partial charge in [-0.1, -0.05) is 172 Å². The second-order valence-electron chi connectivity index (χ2n) is 16.5. The highest BCUT2D eigenvalue weighted by Crippen LogP contribution is 2.51. The summed E-state index contributed by atoms with van der Waals surface area (Å²) in [5.74, 6) is 0. The summed E-state index contributed by atoms with van der Waals surface area (Å²) in [6, 6.07) is 71.5. The molecule has 9 aromatic rings. The maximum Gasteiger partial charge on any atom is 0.0560 e.